The number of benzene rings is 2. The molecule has 0 atom stereocenters. The first-order chi connectivity index (χ1) is 13.5. The van der Waals surface area contributed by atoms with Gasteiger partial charge in [-0.25, -0.2) is 0 Å². The van der Waals surface area contributed by atoms with Gasteiger partial charge in [0.25, 0.3) is 11.8 Å². The van der Waals surface area contributed by atoms with Crippen LogP contribution in [0.1, 0.15) is 41.0 Å². The smallest absolute Gasteiger partial charge is 0.255 e. The maximum absolute atomic E-state index is 12.5. The number of amides is 2. The van der Waals surface area contributed by atoms with Crippen molar-refractivity contribution >= 4 is 17.5 Å². The standard InChI is InChI=1S/C22H28N2O4/c1-16(2)15-28-20-7-4-6-18(14-20)22(26)24-19-10-8-17(9-11-19)21(25)23-12-5-13-27-3/h4,6-11,14,16H,5,12-13,15H2,1-3H3,(H,23,25)(H,24,26). The van der Waals surface area contributed by atoms with E-state index in [1.54, 1.807) is 49.6 Å². The molecule has 6 nitrogen and oxygen atoms in total. The van der Waals surface area contributed by atoms with Crippen molar-refractivity contribution in [3.63, 3.8) is 0 Å². The summed E-state index contributed by atoms with van der Waals surface area (Å²) in [4.78, 5) is 24.5. The molecule has 2 aromatic carbocycles. The summed E-state index contributed by atoms with van der Waals surface area (Å²) in [6.45, 7) is 5.90. The second kappa shape index (κ2) is 11.1. The highest BCUT2D eigenvalue weighted by molar-refractivity contribution is 6.04. The second-order valence-electron chi connectivity index (χ2n) is 6.87. The fraction of sp³-hybridized carbons (Fsp3) is 0.364. The van der Waals surface area contributed by atoms with E-state index in [1.165, 1.54) is 0 Å². The molecule has 150 valence electrons. The molecule has 0 aliphatic carbocycles. The van der Waals surface area contributed by atoms with Crippen LogP contribution in [0.25, 0.3) is 0 Å². The van der Waals surface area contributed by atoms with Crippen molar-refractivity contribution < 1.29 is 19.1 Å². The minimum atomic E-state index is -0.230. The maximum atomic E-state index is 12.5. The molecule has 0 aliphatic rings. The van der Waals surface area contributed by atoms with Crippen molar-refractivity contribution in [1.82, 2.24) is 5.32 Å². The molecule has 28 heavy (non-hydrogen) atoms. The Kier molecular flexibility index (Phi) is 8.49. The molecule has 2 amide bonds. The van der Waals surface area contributed by atoms with Crippen LogP contribution < -0.4 is 15.4 Å². The highest BCUT2D eigenvalue weighted by atomic mass is 16.5. The predicted molar refractivity (Wildman–Crippen MR) is 110 cm³/mol. The molecular formula is C22H28N2O4. The van der Waals surface area contributed by atoms with E-state index in [2.05, 4.69) is 24.5 Å². The third kappa shape index (κ3) is 7.04. The molecule has 0 saturated carbocycles. The summed E-state index contributed by atoms with van der Waals surface area (Å²) in [5.41, 5.74) is 1.68. The van der Waals surface area contributed by atoms with Crippen LogP contribution in [0.5, 0.6) is 5.75 Å². The molecule has 0 aliphatic heterocycles. The van der Waals surface area contributed by atoms with E-state index >= 15 is 0 Å². The average Bonchev–Trinajstić information content (AvgIpc) is 2.70. The zero-order valence-electron chi connectivity index (χ0n) is 16.7. The van der Waals surface area contributed by atoms with Crippen molar-refractivity contribution in [2.45, 2.75) is 20.3 Å². The van der Waals surface area contributed by atoms with Crippen LogP contribution in [0.2, 0.25) is 0 Å². The molecule has 0 aromatic heterocycles. The average molecular weight is 384 g/mol. The fourth-order valence-electron chi connectivity index (χ4n) is 2.42. The highest BCUT2D eigenvalue weighted by Gasteiger charge is 2.09. The lowest BCUT2D eigenvalue weighted by atomic mass is 10.1. The molecule has 2 aromatic rings. The quantitative estimate of drug-likeness (QED) is 0.612. The van der Waals surface area contributed by atoms with Gasteiger partial charge >= 0.3 is 0 Å². The predicted octanol–water partition coefficient (Wildman–Crippen LogP) is 3.74. The molecule has 0 fully saturated rings. The summed E-state index contributed by atoms with van der Waals surface area (Å²) in [5, 5.41) is 5.66. The summed E-state index contributed by atoms with van der Waals surface area (Å²) in [6.07, 6.45) is 0.760. The molecule has 0 saturated heterocycles. The lowest BCUT2D eigenvalue weighted by molar-refractivity contribution is 0.0948. The van der Waals surface area contributed by atoms with Crippen LogP contribution >= 0.6 is 0 Å². The Morgan fingerprint density at radius 2 is 1.75 bits per heavy atom. The summed E-state index contributed by atoms with van der Waals surface area (Å²) in [7, 11) is 1.63. The Morgan fingerprint density at radius 1 is 1.00 bits per heavy atom. The Balaban J connectivity index is 1.92. The normalized spacial score (nSPS) is 10.6. The monoisotopic (exact) mass is 384 g/mol. The van der Waals surface area contributed by atoms with Crippen molar-refractivity contribution in [2.75, 3.05) is 32.2 Å². The third-order valence-electron chi connectivity index (χ3n) is 3.90. The summed E-state index contributed by atoms with van der Waals surface area (Å²) in [5.74, 6) is 0.700. The number of carbonyl (C=O) groups is 2. The first kappa shape index (κ1) is 21.4. The van der Waals surface area contributed by atoms with E-state index in [9.17, 15) is 9.59 Å². The minimum Gasteiger partial charge on any atom is -0.493 e. The van der Waals surface area contributed by atoms with Gasteiger partial charge in [-0.1, -0.05) is 19.9 Å². The molecular weight excluding hydrogens is 356 g/mol. The molecule has 0 heterocycles. The van der Waals surface area contributed by atoms with Crippen molar-refractivity contribution in [3.05, 3.63) is 59.7 Å². The maximum Gasteiger partial charge on any atom is 0.255 e. The van der Waals surface area contributed by atoms with E-state index in [4.69, 9.17) is 9.47 Å². The summed E-state index contributed by atoms with van der Waals surface area (Å²) < 4.78 is 10.6. The number of rotatable bonds is 10. The van der Waals surface area contributed by atoms with Gasteiger partial charge in [0.1, 0.15) is 5.75 Å². The first-order valence-corrected chi connectivity index (χ1v) is 9.41. The van der Waals surface area contributed by atoms with E-state index in [-0.39, 0.29) is 11.8 Å². The van der Waals surface area contributed by atoms with Crippen molar-refractivity contribution in [1.29, 1.82) is 0 Å². The van der Waals surface area contributed by atoms with Gasteiger partial charge in [0, 0.05) is 37.1 Å². The van der Waals surface area contributed by atoms with Crippen LogP contribution in [0.15, 0.2) is 48.5 Å². The van der Waals surface area contributed by atoms with Gasteiger partial charge < -0.3 is 20.1 Å². The number of ether oxygens (including phenoxy) is 2. The van der Waals surface area contributed by atoms with Crippen LogP contribution in [-0.2, 0) is 4.74 Å². The van der Waals surface area contributed by atoms with Crippen molar-refractivity contribution in [2.24, 2.45) is 5.92 Å². The van der Waals surface area contributed by atoms with Crippen molar-refractivity contribution in [3.8, 4) is 5.75 Å². The third-order valence-corrected chi connectivity index (χ3v) is 3.90. The molecule has 0 bridgehead atoms. The van der Waals surface area contributed by atoms with Gasteiger partial charge in [0.2, 0.25) is 0 Å². The van der Waals surface area contributed by atoms with Gasteiger partial charge in [-0.05, 0) is 54.8 Å². The number of carbonyl (C=O) groups excluding carboxylic acids is 2. The number of methoxy groups -OCH3 is 1. The molecule has 6 heteroatoms. The van der Waals surface area contributed by atoms with Crippen LogP contribution in [0.3, 0.4) is 0 Å². The zero-order chi connectivity index (χ0) is 20.4. The molecule has 0 radical (unpaired) electrons. The van der Waals surface area contributed by atoms with Gasteiger partial charge in [-0.3, -0.25) is 9.59 Å². The first-order valence-electron chi connectivity index (χ1n) is 9.41. The zero-order valence-corrected chi connectivity index (χ0v) is 16.7. The second-order valence-corrected chi connectivity index (χ2v) is 6.87. The summed E-state index contributed by atoms with van der Waals surface area (Å²) in [6, 6.07) is 13.9. The fourth-order valence-corrected chi connectivity index (χ4v) is 2.42. The van der Waals surface area contributed by atoms with Gasteiger partial charge in [0.15, 0.2) is 0 Å². The number of hydrogen-bond donors (Lipinski definition) is 2. The molecule has 0 spiro atoms. The minimum absolute atomic E-state index is 0.149. The van der Waals surface area contributed by atoms with Gasteiger partial charge in [0.05, 0.1) is 6.61 Å². The van der Waals surface area contributed by atoms with Gasteiger partial charge in [-0.2, -0.15) is 0 Å². The Hall–Kier alpha value is -2.86. The SMILES string of the molecule is COCCCNC(=O)c1ccc(NC(=O)c2cccc(OCC(C)C)c2)cc1. The van der Waals surface area contributed by atoms with E-state index < -0.39 is 0 Å². The largest absolute Gasteiger partial charge is 0.493 e. The van der Waals surface area contributed by atoms with E-state index in [0.29, 0.717) is 48.2 Å². The van der Waals surface area contributed by atoms with Crippen LogP contribution in [0, 0.1) is 5.92 Å². The lowest BCUT2D eigenvalue weighted by Gasteiger charge is -2.10. The number of hydrogen-bond acceptors (Lipinski definition) is 4. The number of anilines is 1. The summed E-state index contributed by atoms with van der Waals surface area (Å²) >= 11 is 0. The molecule has 2 rings (SSSR count). The Morgan fingerprint density at radius 3 is 2.43 bits per heavy atom. The Bertz CT molecular complexity index is 772. The lowest BCUT2D eigenvalue weighted by Crippen LogP contribution is -2.25. The molecule has 2 N–H and O–H groups in total. The Labute approximate surface area is 166 Å². The number of nitrogens with one attached hydrogen (secondary N) is 2. The topological polar surface area (TPSA) is 76.7 Å². The van der Waals surface area contributed by atoms with Gasteiger partial charge in [-0.15, -0.1) is 0 Å². The highest BCUT2D eigenvalue weighted by Crippen LogP contribution is 2.17. The van der Waals surface area contributed by atoms with Crippen LogP contribution in [-0.4, -0.2) is 38.7 Å². The molecule has 0 unspecified atom stereocenters. The van der Waals surface area contributed by atoms with Crippen LogP contribution in [0.4, 0.5) is 5.69 Å². The van der Waals surface area contributed by atoms with E-state index in [0.717, 1.165) is 6.42 Å². The van der Waals surface area contributed by atoms with E-state index in [1.807, 2.05) is 6.07 Å².